The maximum absolute atomic E-state index is 12.9. The van der Waals surface area contributed by atoms with Crippen LogP contribution in [0.4, 0.5) is 0 Å². The first-order valence-electron chi connectivity index (χ1n) is 11.5. The van der Waals surface area contributed by atoms with Crippen LogP contribution in [0.2, 0.25) is 0 Å². The Bertz CT molecular complexity index is 1040. The van der Waals surface area contributed by atoms with E-state index in [2.05, 4.69) is 17.0 Å². The van der Waals surface area contributed by atoms with Crippen LogP contribution in [-0.4, -0.2) is 66.2 Å². The third-order valence-corrected chi connectivity index (χ3v) is 7.73. The van der Waals surface area contributed by atoms with Crippen molar-refractivity contribution in [3.05, 3.63) is 51.2 Å². The van der Waals surface area contributed by atoms with Crippen molar-refractivity contribution >= 4 is 28.8 Å². The van der Waals surface area contributed by atoms with Gasteiger partial charge in [-0.1, -0.05) is 12.1 Å². The molecular weight excluding hydrogens is 440 g/mol. The molecule has 5 rings (SSSR count). The summed E-state index contributed by atoms with van der Waals surface area (Å²) in [7, 11) is 0. The fourth-order valence-corrected chi connectivity index (χ4v) is 5.69. The summed E-state index contributed by atoms with van der Waals surface area (Å²) in [5.41, 5.74) is 2.90. The summed E-state index contributed by atoms with van der Waals surface area (Å²) in [6, 6.07) is 7.73. The number of nitrogens with zero attached hydrogens (tertiary/aromatic N) is 2. The van der Waals surface area contributed by atoms with E-state index in [9.17, 15) is 14.4 Å². The van der Waals surface area contributed by atoms with E-state index < -0.39 is 6.04 Å². The van der Waals surface area contributed by atoms with Gasteiger partial charge in [0.05, 0.1) is 31.2 Å². The van der Waals surface area contributed by atoms with Gasteiger partial charge in [0.15, 0.2) is 5.78 Å². The van der Waals surface area contributed by atoms with E-state index in [1.165, 1.54) is 16.9 Å². The van der Waals surface area contributed by atoms with Gasteiger partial charge in [0.2, 0.25) is 0 Å². The van der Waals surface area contributed by atoms with Crippen molar-refractivity contribution < 1.29 is 23.9 Å². The number of ether oxygens (including phenoxy) is 2. The number of ketones is 2. The number of benzene rings is 1. The van der Waals surface area contributed by atoms with E-state index in [0.717, 1.165) is 55.5 Å². The average Bonchev–Trinajstić information content (AvgIpc) is 3.38. The second kappa shape index (κ2) is 9.75. The molecule has 2 aromatic rings. The fourth-order valence-electron chi connectivity index (χ4n) is 4.75. The zero-order valence-corrected chi connectivity index (χ0v) is 19.4. The number of rotatable bonds is 7. The van der Waals surface area contributed by atoms with Crippen LogP contribution in [0.1, 0.15) is 45.6 Å². The Kier molecular flexibility index (Phi) is 6.57. The summed E-state index contributed by atoms with van der Waals surface area (Å²) in [5, 5.41) is 1.86. The number of amides is 1. The van der Waals surface area contributed by atoms with E-state index in [0.29, 0.717) is 31.6 Å². The van der Waals surface area contributed by atoms with Crippen molar-refractivity contribution in [1.29, 1.82) is 0 Å². The van der Waals surface area contributed by atoms with Gasteiger partial charge in [-0.05, 0) is 30.5 Å². The predicted molar refractivity (Wildman–Crippen MR) is 124 cm³/mol. The second-order valence-electron chi connectivity index (χ2n) is 8.86. The molecule has 1 saturated heterocycles. The lowest BCUT2D eigenvalue weighted by Gasteiger charge is -2.29. The van der Waals surface area contributed by atoms with Crippen LogP contribution in [-0.2, 0) is 33.9 Å². The van der Waals surface area contributed by atoms with E-state index >= 15 is 0 Å². The van der Waals surface area contributed by atoms with Crippen LogP contribution in [0, 0.1) is 0 Å². The summed E-state index contributed by atoms with van der Waals surface area (Å²) in [5.74, 6) is 0.525. The highest BCUT2D eigenvalue weighted by atomic mass is 32.1. The van der Waals surface area contributed by atoms with E-state index in [1.54, 1.807) is 4.90 Å². The normalized spacial score (nSPS) is 21.5. The molecule has 3 heterocycles. The Hall–Kier alpha value is -2.55. The predicted octanol–water partition coefficient (Wildman–Crippen LogP) is 2.85. The van der Waals surface area contributed by atoms with Gasteiger partial charge >= 0.3 is 0 Å². The van der Waals surface area contributed by atoms with Gasteiger partial charge in [-0.3, -0.25) is 19.3 Å². The third kappa shape index (κ3) is 4.88. The van der Waals surface area contributed by atoms with E-state index in [-0.39, 0.29) is 23.9 Å². The molecule has 0 N–H and O–H groups in total. The van der Waals surface area contributed by atoms with Gasteiger partial charge in [0.1, 0.15) is 18.1 Å². The minimum absolute atomic E-state index is 0.0294. The van der Waals surface area contributed by atoms with Crippen molar-refractivity contribution in [1.82, 2.24) is 9.80 Å². The molecule has 0 bridgehead atoms. The zero-order valence-electron chi connectivity index (χ0n) is 18.6. The third-order valence-electron chi connectivity index (χ3n) is 6.73. The van der Waals surface area contributed by atoms with Crippen molar-refractivity contribution in [3.8, 4) is 5.75 Å². The molecule has 2 aliphatic heterocycles. The SMILES string of the molecule is O=C1CC[C@H](N2Cc3c(csc3COc3ccc(CCN4CCOCC4)cc3)C2=O)C(=O)C1. The van der Waals surface area contributed by atoms with Crippen LogP contribution in [0.3, 0.4) is 0 Å². The molecular formula is C25H28N2O5S. The molecule has 174 valence electrons. The molecule has 1 atom stereocenters. The Balaban J connectivity index is 1.16. The van der Waals surface area contributed by atoms with Crippen LogP contribution >= 0.6 is 11.3 Å². The smallest absolute Gasteiger partial charge is 0.255 e. The molecule has 3 aliphatic rings. The molecule has 1 aliphatic carbocycles. The summed E-state index contributed by atoms with van der Waals surface area (Å²) in [4.78, 5) is 41.8. The second-order valence-corrected chi connectivity index (χ2v) is 9.82. The average molecular weight is 469 g/mol. The van der Waals surface area contributed by atoms with Crippen LogP contribution in [0.5, 0.6) is 5.75 Å². The summed E-state index contributed by atoms with van der Waals surface area (Å²) < 4.78 is 11.4. The van der Waals surface area contributed by atoms with Gasteiger partial charge in [-0.25, -0.2) is 0 Å². The lowest BCUT2D eigenvalue weighted by Crippen LogP contribution is -2.44. The molecule has 0 unspecified atom stereocenters. The number of carbonyl (C=O) groups is 3. The zero-order chi connectivity index (χ0) is 22.8. The highest BCUT2D eigenvalue weighted by Gasteiger charge is 2.40. The maximum Gasteiger partial charge on any atom is 0.255 e. The maximum atomic E-state index is 12.9. The molecule has 1 aromatic carbocycles. The van der Waals surface area contributed by atoms with Crippen LogP contribution < -0.4 is 4.74 Å². The summed E-state index contributed by atoms with van der Waals surface area (Å²) in [6.45, 7) is 5.48. The molecule has 1 amide bonds. The first-order chi connectivity index (χ1) is 16.1. The molecule has 0 spiro atoms. The number of hydrogen-bond acceptors (Lipinski definition) is 7. The quantitative estimate of drug-likeness (QED) is 0.582. The minimum Gasteiger partial charge on any atom is -0.488 e. The Morgan fingerprint density at radius 2 is 1.88 bits per heavy atom. The summed E-state index contributed by atoms with van der Waals surface area (Å²) in [6.07, 6.45) is 1.74. The van der Waals surface area contributed by atoms with Crippen LogP contribution in [0.15, 0.2) is 29.6 Å². The topological polar surface area (TPSA) is 76.2 Å². The molecule has 33 heavy (non-hydrogen) atoms. The standard InChI is InChI=1S/C25H28N2O5S/c28-18-3-6-22(23(29)13-18)27-14-20-21(25(27)30)16-33-24(20)15-32-19-4-1-17(2-5-19)7-8-26-9-11-31-12-10-26/h1-2,4-5,16,22H,3,6-15H2/t22-/m0/s1. The van der Waals surface area contributed by atoms with Crippen molar-refractivity contribution in [2.24, 2.45) is 0 Å². The number of thiophene rings is 1. The van der Waals surface area contributed by atoms with Crippen molar-refractivity contribution in [3.63, 3.8) is 0 Å². The molecule has 2 fully saturated rings. The van der Waals surface area contributed by atoms with Gasteiger partial charge in [-0.2, -0.15) is 0 Å². The monoisotopic (exact) mass is 468 g/mol. The van der Waals surface area contributed by atoms with Gasteiger partial charge in [-0.15, -0.1) is 11.3 Å². The number of hydrogen-bond donors (Lipinski definition) is 0. The Morgan fingerprint density at radius 1 is 1.09 bits per heavy atom. The number of Topliss-reactive ketones (excluding diaryl/α,β-unsaturated/α-hetero) is 2. The first kappa shape index (κ1) is 22.3. The first-order valence-corrected chi connectivity index (χ1v) is 12.4. The van der Waals surface area contributed by atoms with Crippen molar-refractivity contribution in [2.75, 3.05) is 32.8 Å². The molecule has 8 heteroatoms. The number of fused-ring (bicyclic) bond motifs is 1. The van der Waals surface area contributed by atoms with Gasteiger partial charge in [0.25, 0.3) is 5.91 Å². The molecule has 7 nitrogen and oxygen atoms in total. The number of morpholine rings is 1. The largest absolute Gasteiger partial charge is 0.488 e. The fraction of sp³-hybridized carbons (Fsp3) is 0.480. The minimum atomic E-state index is -0.480. The number of carbonyl (C=O) groups excluding carboxylic acids is 3. The van der Waals surface area contributed by atoms with Crippen LogP contribution in [0.25, 0.3) is 0 Å². The molecule has 0 radical (unpaired) electrons. The highest BCUT2D eigenvalue weighted by molar-refractivity contribution is 7.10. The van der Waals surface area contributed by atoms with Crippen molar-refractivity contribution in [2.45, 2.75) is 44.9 Å². The van der Waals surface area contributed by atoms with Gasteiger partial charge < -0.3 is 14.4 Å². The molecule has 1 aromatic heterocycles. The van der Waals surface area contributed by atoms with Gasteiger partial charge in [0, 0.05) is 48.4 Å². The Morgan fingerprint density at radius 3 is 2.64 bits per heavy atom. The lowest BCUT2D eigenvalue weighted by atomic mass is 9.92. The Labute approximate surface area is 197 Å². The van der Waals surface area contributed by atoms with E-state index in [4.69, 9.17) is 9.47 Å². The summed E-state index contributed by atoms with van der Waals surface area (Å²) >= 11 is 1.52. The molecule has 1 saturated carbocycles. The van der Waals surface area contributed by atoms with E-state index in [1.807, 2.05) is 17.5 Å². The highest BCUT2D eigenvalue weighted by Crippen LogP contribution is 2.35. The lowest BCUT2D eigenvalue weighted by molar-refractivity contribution is -0.133.